The third-order valence-electron chi connectivity index (χ3n) is 3.92. The first-order chi connectivity index (χ1) is 9.78. The van der Waals surface area contributed by atoms with Crippen molar-refractivity contribution in [2.24, 2.45) is 0 Å². The van der Waals surface area contributed by atoms with Gasteiger partial charge in [-0.05, 0) is 25.7 Å². The van der Waals surface area contributed by atoms with Crippen LogP contribution in [0.4, 0.5) is 0 Å². The van der Waals surface area contributed by atoms with Crippen molar-refractivity contribution in [1.29, 1.82) is 0 Å². The van der Waals surface area contributed by atoms with Crippen molar-refractivity contribution >= 4 is 0 Å². The van der Waals surface area contributed by atoms with E-state index in [1.807, 2.05) is 0 Å². The highest BCUT2D eigenvalue weighted by atomic mass is 16.5. The summed E-state index contributed by atoms with van der Waals surface area (Å²) in [7, 11) is 0. The Balaban J connectivity index is 1.86. The maximum atomic E-state index is 9.25. The van der Waals surface area contributed by atoms with E-state index in [1.54, 1.807) is 0 Å². The Morgan fingerprint density at radius 2 is 2.15 bits per heavy atom. The topological polar surface area (TPSA) is 80.4 Å². The summed E-state index contributed by atoms with van der Waals surface area (Å²) in [6.07, 6.45) is 5.62. The van der Waals surface area contributed by atoms with Gasteiger partial charge in [0.2, 0.25) is 5.89 Å². The Bertz CT molecular complexity index is 383. The fraction of sp³-hybridized carbons (Fsp3) is 0.857. The van der Waals surface area contributed by atoms with Gasteiger partial charge in [0.05, 0.1) is 6.54 Å². The summed E-state index contributed by atoms with van der Waals surface area (Å²) in [6, 6.07) is 0. The van der Waals surface area contributed by atoms with Gasteiger partial charge in [-0.1, -0.05) is 18.5 Å². The maximum Gasteiger partial charge on any atom is 0.240 e. The molecule has 1 aliphatic rings. The standard InChI is InChI=1S/C14H25N3O3/c1-2-3-4-12-16-13(20-17-12)11-15-14(5-8-18)6-9-19-10-7-14/h15,18H,2-11H2,1H3. The van der Waals surface area contributed by atoms with Gasteiger partial charge in [-0.3, -0.25) is 0 Å². The van der Waals surface area contributed by atoms with Crippen LogP contribution in [-0.2, 0) is 17.7 Å². The minimum atomic E-state index is -0.0644. The van der Waals surface area contributed by atoms with Crippen LogP contribution in [-0.4, -0.2) is 40.6 Å². The first kappa shape index (κ1) is 15.4. The summed E-state index contributed by atoms with van der Waals surface area (Å²) in [4.78, 5) is 4.39. The van der Waals surface area contributed by atoms with Crippen molar-refractivity contribution in [3.8, 4) is 0 Å². The molecule has 6 heteroatoms. The molecule has 1 aromatic heterocycles. The molecule has 6 nitrogen and oxygen atoms in total. The van der Waals surface area contributed by atoms with Crippen molar-refractivity contribution in [1.82, 2.24) is 15.5 Å². The van der Waals surface area contributed by atoms with E-state index >= 15 is 0 Å². The van der Waals surface area contributed by atoms with Gasteiger partial charge in [0.1, 0.15) is 0 Å². The highest BCUT2D eigenvalue weighted by Gasteiger charge is 2.31. The number of nitrogens with one attached hydrogen (secondary N) is 1. The summed E-state index contributed by atoms with van der Waals surface area (Å²) in [6.45, 7) is 4.35. The van der Waals surface area contributed by atoms with Crippen molar-refractivity contribution in [2.75, 3.05) is 19.8 Å². The lowest BCUT2D eigenvalue weighted by Crippen LogP contribution is -2.49. The van der Waals surface area contributed by atoms with Gasteiger partial charge in [-0.15, -0.1) is 0 Å². The molecule has 1 fully saturated rings. The number of aromatic nitrogens is 2. The van der Waals surface area contributed by atoms with Crippen molar-refractivity contribution in [3.05, 3.63) is 11.7 Å². The molecule has 1 aromatic rings. The molecule has 0 radical (unpaired) electrons. The minimum absolute atomic E-state index is 0.0644. The van der Waals surface area contributed by atoms with Crippen LogP contribution in [0.2, 0.25) is 0 Å². The van der Waals surface area contributed by atoms with E-state index in [0.29, 0.717) is 12.4 Å². The molecule has 1 aliphatic heterocycles. The van der Waals surface area contributed by atoms with E-state index in [-0.39, 0.29) is 12.1 Å². The number of aliphatic hydroxyl groups is 1. The Kier molecular flexibility index (Phi) is 5.94. The Labute approximate surface area is 119 Å². The molecule has 0 saturated carbocycles. The summed E-state index contributed by atoms with van der Waals surface area (Å²) in [5.74, 6) is 1.41. The van der Waals surface area contributed by atoms with E-state index in [4.69, 9.17) is 9.26 Å². The fourth-order valence-corrected chi connectivity index (χ4v) is 2.55. The van der Waals surface area contributed by atoms with Gasteiger partial charge >= 0.3 is 0 Å². The molecule has 0 aromatic carbocycles. The first-order valence-electron chi connectivity index (χ1n) is 7.53. The van der Waals surface area contributed by atoms with E-state index in [2.05, 4.69) is 22.4 Å². The van der Waals surface area contributed by atoms with E-state index in [1.165, 1.54) is 0 Å². The molecule has 2 heterocycles. The number of aliphatic hydroxyl groups excluding tert-OH is 1. The molecular formula is C14H25N3O3. The van der Waals surface area contributed by atoms with Crippen molar-refractivity contribution < 1.29 is 14.4 Å². The van der Waals surface area contributed by atoms with Crippen LogP contribution in [0.1, 0.15) is 50.7 Å². The summed E-state index contributed by atoms with van der Waals surface area (Å²) in [5, 5.41) is 16.7. The van der Waals surface area contributed by atoms with Gasteiger partial charge < -0.3 is 19.7 Å². The summed E-state index contributed by atoms with van der Waals surface area (Å²) in [5.41, 5.74) is -0.0644. The van der Waals surface area contributed by atoms with Crippen LogP contribution in [0.5, 0.6) is 0 Å². The van der Waals surface area contributed by atoms with E-state index in [0.717, 1.165) is 57.6 Å². The quantitative estimate of drug-likeness (QED) is 0.751. The van der Waals surface area contributed by atoms with Crippen LogP contribution in [0.15, 0.2) is 4.52 Å². The third kappa shape index (κ3) is 4.26. The molecule has 0 spiro atoms. The van der Waals surface area contributed by atoms with Gasteiger partial charge in [-0.25, -0.2) is 0 Å². The molecule has 1 saturated heterocycles. The number of hydrogen-bond acceptors (Lipinski definition) is 6. The van der Waals surface area contributed by atoms with Gasteiger partial charge in [0.15, 0.2) is 5.82 Å². The second-order valence-corrected chi connectivity index (χ2v) is 5.43. The molecule has 20 heavy (non-hydrogen) atoms. The first-order valence-corrected chi connectivity index (χ1v) is 7.53. The molecule has 0 unspecified atom stereocenters. The number of ether oxygens (including phenoxy) is 1. The van der Waals surface area contributed by atoms with Gasteiger partial charge in [0, 0.05) is 31.8 Å². The number of unbranched alkanes of at least 4 members (excludes halogenated alkanes) is 1. The lowest BCUT2D eigenvalue weighted by atomic mass is 9.87. The molecule has 2 rings (SSSR count). The van der Waals surface area contributed by atoms with Crippen LogP contribution in [0.25, 0.3) is 0 Å². The maximum absolute atomic E-state index is 9.25. The molecule has 2 N–H and O–H groups in total. The lowest BCUT2D eigenvalue weighted by Gasteiger charge is -2.37. The monoisotopic (exact) mass is 283 g/mol. The van der Waals surface area contributed by atoms with E-state index < -0.39 is 0 Å². The normalized spacial score (nSPS) is 18.3. The fourth-order valence-electron chi connectivity index (χ4n) is 2.55. The highest BCUT2D eigenvalue weighted by Crippen LogP contribution is 2.24. The Hall–Kier alpha value is -0.980. The summed E-state index contributed by atoms with van der Waals surface area (Å²) < 4.78 is 10.7. The molecule has 114 valence electrons. The van der Waals surface area contributed by atoms with Gasteiger partial charge in [-0.2, -0.15) is 4.98 Å². The SMILES string of the molecule is CCCCc1noc(CNC2(CCO)CCOCC2)n1. The number of nitrogens with zero attached hydrogens (tertiary/aromatic N) is 2. The van der Waals surface area contributed by atoms with E-state index in [9.17, 15) is 5.11 Å². The second kappa shape index (κ2) is 7.71. The van der Waals surface area contributed by atoms with Crippen LogP contribution in [0.3, 0.4) is 0 Å². The molecular weight excluding hydrogens is 258 g/mol. The molecule has 0 bridgehead atoms. The largest absolute Gasteiger partial charge is 0.396 e. The number of hydrogen-bond donors (Lipinski definition) is 2. The van der Waals surface area contributed by atoms with Crippen LogP contribution < -0.4 is 5.32 Å². The number of rotatable bonds is 8. The van der Waals surface area contributed by atoms with Crippen LogP contribution in [0, 0.1) is 0 Å². The Morgan fingerprint density at radius 1 is 1.35 bits per heavy atom. The predicted octanol–water partition coefficient (Wildman–Crippen LogP) is 1.43. The lowest BCUT2D eigenvalue weighted by molar-refractivity contribution is 0.0256. The van der Waals surface area contributed by atoms with Gasteiger partial charge in [0.25, 0.3) is 0 Å². The second-order valence-electron chi connectivity index (χ2n) is 5.43. The summed E-state index contributed by atoms with van der Waals surface area (Å²) >= 11 is 0. The van der Waals surface area contributed by atoms with Crippen molar-refractivity contribution in [3.63, 3.8) is 0 Å². The average molecular weight is 283 g/mol. The molecule has 0 aliphatic carbocycles. The average Bonchev–Trinajstić information content (AvgIpc) is 2.92. The highest BCUT2D eigenvalue weighted by molar-refractivity contribution is 4.93. The smallest absolute Gasteiger partial charge is 0.240 e. The van der Waals surface area contributed by atoms with Crippen molar-refractivity contribution in [2.45, 2.75) is 57.5 Å². The van der Waals surface area contributed by atoms with Crippen LogP contribution >= 0.6 is 0 Å². The zero-order valence-electron chi connectivity index (χ0n) is 12.2. The zero-order valence-corrected chi connectivity index (χ0v) is 12.2. The third-order valence-corrected chi connectivity index (χ3v) is 3.92. The minimum Gasteiger partial charge on any atom is -0.396 e. The Morgan fingerprint density at radius 3 is 2.85 bits per heavy atom. The number of aryl methyl sites for hydroxylation is 1. The predicted molar refractivity (Wildman–Crippen MR) is 74.2 cm³/mol. The zero-order chi connectivity index (χ0) is 14.3. The molecule has 0 amide bonds. The molecule has 0 atom stereocenters.